The van der Waals surface area contributed by atoms with Crippen molar-refractivity contribution in [3.63, 3.8) is 0 Å². The van der Waals surface area contributed by atoms with Crippen molar-refractivity contribution in [2.45, 2.75) is 32.8 Å². The Bertz CT molecular complexity index is 401. The Morgan fingerprint density at radius 2 is 2.29 bits per heavy atom. The normalized spacial score (nSPS) is 12.5. The average Bonchev–Trinajstić information content (AvgIpc) is 2.55. The molecule has 96 valence electrons. The number of hydrogen-bond donors (Lipinski definition) is 2. The van der Waals surface area contributed by atoms with Crippen LogP contribution in [0.5, 0.6) is 0 Å². The number of hydrogen-bond acceptors (Lipinski definition) is 5. The first-order chi connectivity index (χ1) is 7.97. The van der Waals surface area contributed by atoms with Crippen LogP contribution in [0.2, 0.25) is 0 Å². The Morgan fingerprint density at radius 1 is 1.65 bits per heavy atom. The number of aliphatic hydroxyl groups excluding tert-OH is 1. The van der Waals surface area contributed by atoms with Crippen LogP contribution in [0.4, 0.5) is 11.5 Å². The Labute approximate surface area is 99.6 Å². The molecule has 7 nitrogen and oxygen atoms in total. The molecule has 17 heavy (non-hydrogen) atoms. The predicted octanol–water partition coefficient (Wildman–Crippen LogP) is 1.07. The van der Waals surface area contributed by atoms with Crippen LogP contribution in [0.25, 0.3) is 0 Å². The zero-order chi connectivity index (χ0) is 13.0. The lowest BCUT2D eigenvalue weighted by molar-refractivity contribution is -0.384. The van der Waals surface area contributed by atoms with Gasteiger partial charge in [0.15, 0.2) is 0 Å². The van der Waals surface area contributed by atoms with Crippen molar-refractivity contribution in [2.24, 2.45) is 7.05 Å². The first kappa shape index (κ1) is 13.4. The fraction of sp³-hybridized carbons (Fsp3) is 0.700. The zero-order valence-electron chi connectivity index (χ0n) is 10.3. The molecular formula is C10H18N4O3. The summed E-state index contributed by atoms with van der Waals surface area (Å²) in [5.74, 6) is 0.396. The van der Waals surface area contributed by atoms with Gasteiger partial charge in [0.05, 0.1) is 11.0 Å². The second-order valence-corrected chi connectivity index (χ2v) is 3.94. The molecule has 0 fully saturated rings. The molecule has 2 N–H and O–H groups in total. The van der Waals surface area contributed by atoms with E-state index in [1.165, 1.54) is 4.68 Å². The van der Waals surface area contributed by atoms with Crippen molar-refractivity contribution < 1.29 is 10.0 Å². The molecule has 0 aliphatic heterocycles. The molecule has 0 bridgehead atoms. The van der Waals surface area contributed by atoms with Crippen molar-refractivity contribution in [3.05, 3.63) is 15.8 Å². The van der Waals surface area contributed by atoms with Crippen LogP contribution in [-0.4, -0.2) is 32.5 Å². The number of aliphatic hydroxyl groups is 1. The highest BCUT2D eigenvalue weighted by Crippen LogP contribution is 2.28. The molecule has 0 radical (unpaired) electrons. The van der Waals surface area contributed by atoms with Gasteiger partial charge in [-0.05, 0) is 19.8 Å². The topological polar surface area (TPSA) is 93.2 Å². The summed E-state index contributed by atoms with van der Waals surface area (Å²) >= 11 is 0. The van der Waals surface area contributed by atoms with Crippen LogP contribution >= 0.6 is 0 Å². The molecule has 0 aliphatic carbocycles. The molecular weight excluding hydrogens is 224 g/mol. The van der Waals surface area contributed by atoms with Crippen molar-refractivity contribution >= 4 is 11.5 Å². The van der Waals surface area contributed by atoms with E-state index in [0.717, 1.165) is 0 Å². The summed E-state index contributed by atoms with van der Waals surface area (Å²) < 4.78 is 1.47. The highest BCUT2D eigenvalue weighted by Gasteiger charge is 2.25. The third-order valence-electron chi connectivity index (χ3n) is 2.46. The van der Waals surface area contributed by atoms with Gasteiger partial charge in [0.2, 0.25) is 5.82 Å². The van der Waals surface area contributed by atoms with E-state index in [-0.39, 0.29) is 5.69 Å². The van der Waals surface area contributed by atoms with Crippen LogP contribution < -0.4 is 5.32 Å². The largest absolute Gasteiger partial charge is 0.393 e. The molecule has 1 aromatic rings. The van der Waals surface area contributed by atoms with E-state index in [9.17, 15) is 10.1 Å². The third kappa shape index (κ3) is 3.16. The van der Waals surface area contributed by atoms with Gasteiger partial charge in [0.25, 0.3) is 0 Å². The summed E-state index contributed by atoms with van der Waals surface area (Å²) in [6, 6.07) is 0. The first-order valence-corrected chi connectivity index (χ1v) is 5.59. The standard InChI is InChI=1S/C10H18N4O3/c1-4-8-9(14(16)17)10(13(3)12-8)11-6-5-7(2)15/h7,11,15H,4-6H2,1-3H3. The van der Waals surface area contributed by atoms with Gasteiger partial charge in [0, 0.05) is 13.6 Å². The monoisotopic (exact) mass is 242 g/mol. The van der Waals surface area contributed by atoms with Crippen LogP contribution in [0.15, 0.2) is 0 Å². The van der Waals surface area contributed by atoms with Gasteiger partial charge in [-0.15, -0.1) is 0 Å². The minimum absolute atomic E-state index is 0.0283. The molecule has 0 amide bonds. The van der Waals surface area contributed by atoms with Gasteiger partial charge in [-0.1, -0.05) is 6.92 Å². The summed E-state index contributed by atoms with van der Waals surface area (Å²) in [4.78, 5) is 10.6. The fourth-order valence-corrected chi connectivity index (χ4v) is 1.60. The lowest BCUT2D eigenvalue weighted by Gasteiger charge is -2.07. The van der Waals surface area contributed by atoms with Crippen molar-refractivity contribution in [2.75, 3.05) is 11.9 Å². The highest BCUT2D eigenvalue weighted by molar-refractivity contribution is 5.59. The van der Waals surface area contributed by atoms with Crippen LogP contribution in [-0.2, 0) is 13.5 Å². The van der Waals surface area contributed by atoms with E-state index in [2.05, 4.69) is 10.4 Å². The SMILES string of the molecule is CCc1nn(C)c(NCCC(C)O)c1[N+](=O)[O-]. The number of nitro groups is 1. The molecule has 0 saturated heterocycles. The van der Waals surface area contributed by atoms with Gasteiger partial charge in [-0.2, -0.15) is 5.10 Å². The molecule has 0 spiro atoms. The van der Waals surface area contributed by atoms with E-state index in [1.807, 2.05) is 6.92 Å². The van der Waals surface area contributed by atoms with Crippen LogP contribution in [0.1, 0.15) is 26.0 Å². The second-order valence-electron chi connectivity index (χ2n) is 3.94. The summed E-state index contributed by atoms with van der Waals surface area (Å²) in [6.45, 7) is 3.98. The number of aryl methyl sites for hydroxylation is 2. The quantitative estimate of drug-likeness (QED) is 0.575. The summed E-state index contributed by atoms with van der Waals surface area (Å²) in [7, 11) is 1.66. The molecule has 1 unspecified atom stereocenters. The number of anilines is 1. The highest BCUT2D eigenvalue weighted by atomic mass is 16.6. The van der Waals surface area contributed by atoms with E-state index in [1.54, 1.807) is 14.0 Å². The Balaban J connectivity index is 2.89. The molecule has 1 atom stereocenters. The second kappa shape index (κ2) is 5.62. The van der Waals surface area contributed by atoms with E-state index in [0.29, 0.717) is 30.9 Å². The van der Waals surface area contributed by atoms with Crippen molar-refractivity contribution in [3.8, 4) is 0 Å². The van der Waals surface area contributed by atoms with E-state index >= 15 is 0 Å². The molecule has 0 aliphatic rings. The molecule has 1 heterocycles. The Morgan fingerprint density at radius 3 is 2.76 bits per heavy atom. The zero-order valence-corrected chi connectivity index (χ0v) is 10.3. The van der Waals surface area contributed by atoms with Gasteiger partial charge in [-0.25, -0.2) is 4.68 Å². The predicted molar refractivity (Wildman–Crippen MR) is 64.0 cm³/mol. The summed E-state index contributed by atoms with van der Waals surface area (Å²) in [5.41, 5.74) is 0.498. The maximum Gasteiger partial charge on any atom is 0.333 e. The Kier molecular flexibility index (Phi) is 4.45. The number of nitrogens with zero attached hydrogens (tertiary/aromatic N) is 3. The maximum absolute atomic E-state index is 11.0. The van der Waals surface area contributed by atoms with Gasteiger partial charge >= 0.3 is 5.69 Å². The average molecular weight is 242 g/mol. The van der Waals surface area contributed by atoms with Gasteiger partial charge < -0.3 is 10.4 Å². The lowest BCUT2D eigenvalue weighted by Crippen LogP contribution is -2.12. The molecule has 0 aromatic carbocycles. The first-order valence-electron chi connectivity index (χ1n) is 5.59. The third-order valence-corrected chi connectivity index (χ3v) is 2.46. The Hall–Kier alpha value is -1.63. The lowest BCUT2D eigenvalue weighted by atomic mass is 10.2. The number of rotatable bonds is 6. The van der Waals surface area contributed by atoms with Crippen molar-refractivity contribution in [1.82, 2.24) is 9.78 Å². The number of aromatic nitrogens is 2. The van der Waals surface area contributed by atoms with Crippen molar-refractivity contribution in [1.29, 1.82) is 0 Å². The molecule has 1 aromatic heterocycles. The van der Waals surface area contributed by atoms with E-state index in [4.69, 9.17) is 5.11 Å². The molecule has 0 saturated carbocycles. The van der Waals surface area contributed by atoms with Crippen LogP contribution in [0, 0.1) is 10.1 Å². The minimum atomic E-state index is -0.430. The number of nitrogens with one attached hydrogen (secondary N) is 1. The smallest absolute Gasteiger partial charge is 0.333 e. The summed E-state index contributed by atoms with van der Waals surface area (Å²) in [6.07, 6.45) is 0.617. The summed E-state index contributed by atoms with van der Waals surface area (Å²) in [5, 5.41) is 27.2. The maximum atomic E-state index is 11.0. The molecule has 1 rings (SSSR count). The van der Waals surface area contributed by atoms with Gasteiger partial charge in [0.1, 0.15) is 5.69 Å². The van der Waals surface area contributed by atoms with Crippen LogP contribution in [0.3, 0.4) is 0 Å². The van der Waals surface area contributed by atoms with E-state index < -0.39 is 11.0 Å². The van der Waals surface area contributed by atoms with Gasteiger partial charge in [-0.3, -0.25) is 10.1 Å². The molecule has 7 heteroatoms. The fourth-order valence-electron chi connectivity index (χ4n) is 1.60. The minimum Gasteiger partial charge on any atom is -0.393 e.